The second-order valence-electron chi connectivity index (χ2n) is 4.94. The fourth-order valence-corrected chi connectivity index (χ4v) is 2.62. The van der Waals surface area contributed by atoms with Crippen molar-refractivity contribution in [1.82, 2.24) is 0 Å². The number of aryl methyl sites for hydroxylation is 3. The Hall–Kier alpha value is -1.28. The Morgan fingerprint density at radius 3 is 2.53 bits per heavy atom. The first-order valence-corrected chi connectivity index (χ1v) is 7.48. The van der Waals surface area contributed by atoms with Crippen molar-refractivity contribution < 1.29 is 0 Å². The molecule has 0 aromatic heterocycles. The third kappa shape index (κ3) is 3.60. The van der Waals surface area contributed by atoms with Crippen LogP contribution in [0.25, 0.3) is 0 Å². The lowest BCUT2D eigenvalue weighted by molar-refractivity contribution is 1.07. The van der Waals surface area contributed by atoms with Crippen LogP contribution in [0, 0.1) is 13.8 Å². The summed E-state index contributed by atoms with van der Waals surface area (Å²) in [5.41, 5.74) is 6.60. The highest BCUT2D eigenvalue weighted by molar-refractivity contribution is 9.10. The molecule has 0 atom stereocenters. The standard InChI is InChI=1S/C17H20BrN/c1-4-14-10-16(18)7-8-17(14)19-11-15-9-12(2)5-6-13(15)3/h5-10,19H,4,11H2,1-3H3. The van der Waals surface area contributed by atoms with Crippen molar-refractivity contribution in [3.63, 3.8) is 0 Å². The van der Waals surface area contributed by atoms with Gasteiger partial charge in [0.1, 0.15) is 0 Å². The maximum Gasteiger partial charge on any atom is 0.0403 e. The molecule has 1 N–H and O–H groups in total. The van der Waals surface area contributed by atoms with Gasteiger partial charge >= 0.3 is 0 Å². The van der Waals surface area contributed by atoms with Crippen LogP contribution in [-0.2, 0) is 13.0 Å². The van der Waals surface area contributed by atoms with Crippen molar-refractivity contribution in [1.29, 1.82) is 0 Å². The van der Waals surface area contributed by atoms with Crippen LogP contribution < -0.4 is 5.32 Å². The summed E-state index contributed by atoms with van der Waals surface area (Å²) in [4.78, 5) is 0. The quantitative estimate of drug-likeness (QED) is 0.813. The lowest BCUT2D eigenvalue weighted by Crippen LogP contribution is -2.04. The van der Waals surface area contributed by atoms with E-state index in [4.69, 9.17) is 0 Å². The molecule has 2 heteroatoms. The van der Waals surface area contributed by atoms with Gasteiger partial charge in [-0.05, 0) is 55.2 Å². The van der Waals surface area contributed by atoms with E-state index in [9.17, 15) is 0 Å². The molecule has 2 aromatic rings. The van der Waals surface area contributed by atoms with E-state index in [0.717, 1.165) is 17.4 Å². The number of nitrogens with one attached hydrogen (secondary N) is 1. The molecule has 0 unspecified atom stereocenters. The van der Waals surface area contributed by atoms with E-state index in [-0.39, 0.29) is 0 Å². The number of anilines is 1. The van der Waals surface area contributed by atoms with E-state index in [2.05, 4.69) is 78.4 Å². The first kappa shape index (κ1) is 14.1. The van der Waals surface area contributed by atoms with Crippen molar-refractivity contribution in [3.05, 3.63) is 63.1 Å². The zero-order chi connectivity index (χ0) is 13.8. The summed E-state index contributed by atoms with van der Waals surface area (Å²) in [6, 6.07) is 13.0. The lowest BCUT2D eigenvalue weighted by atomic mass is 10.1. The van der Waals surface area contributed by atoms with Crippen LogP contribution in [0.5, 0.6) is 0 Å². The van der Waals surface area contributed by atoms with Gasteiger partial charge < -0.3 is 5.32 Å². The van der Waals surface area contributed by atoms with Gasteiger partial charge in [0.2, 0.25) is 0 Å². The van der Waals surface area contributed by atoms with Crippen LogP contribution in [0.1, 0.15) is 29.2 Å². The van der Waals surface area contributed by atoms with Crippen molar-refractivity contribution >= 4 is 21.6 Å². The van der Waals surface area contributed by atoms with Gasteiger partial charge in [0.15, 0.2) is 0 Å². The smallest absolute Gasteiger partial charge is 0.0403 e. The maximum atomic E-state index is 3.55. The topological polar surface area (TPSA) is 12.0 Å². The fraction of sp³-hybridized carbons (Fsp3) is 0.294. The van der Waals surface area contributed by atoms with E-state index in [0.29, 0.717) is 0 Å². The molecule has 1 nitrogen and oxygen atoms in total. The number of benzene rings is 2. The molecule has 100 valence electrons. The fourth-order valence-electron chi connectivity index (χ4n) is 2.21. The van der Waals surface area contributed by atoms with E-state index >= 15 is 0 Å². The molecule has 0 spiro atoms. The van der Waals surface area contributed by atoms with Crippen molar-refractivity contribution in [2.45, 2.75) is 33.7 Å². The lowest BCUT2D eigenvalue weighted by Gasteiger charge is -2.13. The number of rotatable bonds is 4. The highest BCUT2D eigenvalue weighted by Crippen LogP contribution is 2.22. The van der Waals surface area contributed by atoms with Gasteiger partial charge in [-0.15, -0.1) is 0 Å². The molecule has 0 aliphatic carbocycles. The Kier molecular flexibility index (Phi) is 4.65. The Balaban J connectivity index is 2.16. The van der Waals surface area contributed by atoms with Crippen LogP contribution in [0.2, 0.25) is 0 Å². The Labute approximate surface area is 124 Å². The van der Waals surface area contributed by atoms with Gasteiger partial charge in [0, 0.05) is 16.7 Å². The summed E-state index contributed by atoms with van der Waals surface area (Å²) >= 11 is 3.53. The molecule has 19 heavy (non-hydrogen) atoms. The number of halogens is 1. The summed E-state index contributed by atoms with van der Waals surface area (Å²) in [6.07, 6.45) is 1.04. The van der Waals surface area contributed by atoms with Gasteiger partial charge in [0.25, 0.3) is 0 Å². The Morgan fingerprint density at radius 2 is 1.79 bits per heavy atom. The van der Waals surface area contributed by atoms with Gasteiger partial charge in [0.05, 0.1) is 0 Å². The third-order valence-electron chi connectivity index (χ3n) is 3.42. The Morgan fingerprint density at radius 1 is 1.00 bits per heavy atom. The van der Waals surface area contributed by atoms with E-state index < -0.39 is 0 Å². The molecule has 0 amide bonds. The molecule has 0 bridgehead atoms. The second-order valence-corrected chi connectivity index (χ2v) is 5.85. The summed E-state index contributed by atoms with van der Waals surface area (Å²) in [6.45, 7) is 7.37. The normalized spacial score (nSPS) is 10.5. The first-order valence-electron chi connectivity index (χ1n) is 6.68. The van der Waals surface area contributed by atoms with Gasteiger partial charge in [-0.3, -0.25) is 0 Å². The van der Waals surface area contributed by atoms with Crippen molar-refractivity contribution in [3.8, 4) is 0 Å². The largest absolute Gasteiger partial charge is 0.381 e. The molecule has 0 aliphatic rings. The molecule has 2 aromatic carbocycles. The van der Waals surface area contributed by atoms with Crippen LogP contribution in [-0.4, -0.2) is 0 Å². The number of hydrogen-bond acceptors (Lipinski definition) is 1. The molecular formula is C17H20BrN. The predicted molar refractivity (Wildman–Crippen MR) is 86.8 cm³/mol. The highest BCUT2D eigenvalue weighted by Gasteiger charge is 2.03. The van der Waals surface area contributed by atoms with Crippen LogP contribution in [0.4, 0.5) is 5.69 Å². The minimum Gasteiger partial charge on any atom is -0.381 e. The van der Waals surface area contributed by atoms with Gasteiger partial charge in [-0.2, -0.15) is 0 Å². The summed E-state index contributed by atoms with van der Waals surface area (Å²) in [5, 5.41) is 3.55. The highest BCUT2D eigenvalue weighted by atomic mass is 79.9. The molecule has 0 aliphatic heterocycles. The van der Waals surface area contributed by atoms with Crippen LogP contribution >= 0.6 is 15.9 Å². The third-order valence-corrected chi connectivity index (χ3v) is 3.92. The average molecular weight is 318 g/mol. The van der Waals surface area contributed by atoms with Crippen LogP contribution in [0.3, 0.4) is 0 Å². The summed E-state index contributed by atoms with van der Waals surface area (Å²) < 4.78 is 1.14. The molecule has 2 rings (SSSR count). The zero-order valence-electron chi connectivity index (χ0n) is 11.8. The summed E-state index contributed by atoms with van der Waals surface area (Å²) in [7, 11) is 0. The molecule has 0 radical (unpaired) electrons. The zero-order valence-corrected chi connectivity index (χ0v) is 13.3. The van der Waals surface area contributed by atoms with E-state index in [1.807, 2.05) is 0 Å². The average Bonchev–Trinajstić information content (AvgIpc) is 2.40. The van der Waals surface area contributed by atoms with Crippen molar-refractivity contribution in [2.75, 3.05) is 5.32 Å². The minimum absolute atomic E-state index is 0.877. The minimum atomic E-state index is 0.877. The van der Waals surface area contributed by atoms with Crippen LogP contribution in [0.15, 0.2) is 40.9 Å². The summed E-state index contributed by atoms with van der Waals surface area (Å²) in [5.74, 6) is 0. The molecule has 0 fully saturated rings. The van der Waals surface area contributed by atoms with E-state index in [1.165, 1.54) is 27.9 Å². The monoisotopic (exact) mass is 317 g/mol. The van der Waals surface area contributed by atoms with Gasteiger partial charge in [-0.1, -0.05) is 46.6 Å². The molecular weight excluding hydrogens is 298 g/mol. The molecule has 0 saturated heterocycles. The SMILES string of the molecule is CCc1cc(Br)ccc1NCc1cc(C)ccc1C. The second kappa shape index (κ2) is 6.25. The van der Waals surface area contributed by atoms with Gasteiger partial charge in [-0.25, -0.2) is 0 Å². The maximum absolute atomic E-state index is 3.55. The van der Waals surface area contributed by atoms with Crippen molar-refractivity contribution in [2.24, 2.45) is 0 Å². The van der Waals surface area contributed by atoms with E-state index in [1.54, 1.807) is 0 Å². The predicted octanol–water partition coefficient (Wildman–Crippen LogP) is 5.24. The Bertz CT molecular complexity index is 575. The molecule has 0 saturated carbocycles. The first-order chi connectivity index (χ1) is 9.10. The molecule has 0 heterocycles. The number of hydrogen-bond donors (Lipinski definition) is 1.